The zero-order valence-electron chi connectivity index (χ0n) is 41.0. The summed E-state index contributed by atoms with van der Waals surface area (Å²) in [6.45, 7) is 8.67. The normalized spacial score (nSPS) is 11.9. The van der Waals surface area contributed by atoms with Gasteiger partial charge in [-0.05, 0) is 115 Å². The molecule has 0 amide bonds. The van der Waals surface area contributed by atoms with E-state index in [2.05, 4.69) is 295 Å². The molecule has 1 heterocycles. The van der Waals surface area contributed by atoms with Crippen LogP contribution in [0.2, 0.25) is 0 Å². The van der Waals surface area contributed by atoms with E-state index in [1.807, 2.05) is 17.4 Å². The Kier molecular flexibility index (Phi) is 14.0. The van der Waals surface area contributed by atoms with Crippen LogP contribution < -0.4 is 0 Å². The maximum absolute atomic E-state index is 2.33. The van der Waals surface area contributed by atoms with E-state index in [-0.39, 0.29) is 5.41 Å². The summed E-state index contributed by atoms with van der Waals surface area (Å²) in [7, 11) is 0. The van der Waals surface area contributed by atoms with Crippen molar-refractivity contribution in [3.05, 3.63) is 312 Å². The first kappa shape index (κ1) is 46.6. The first-order chi connectivity index (χ1) is 34.9. The van der Waals surface area contributed by atoms with Gasteiger partial charge in [-0.25, -0.2) is 0 Å². The molecule has 11 aromatic carbocycles. The van der Waals surface area contributed by atoms with E-state index in [4.69, 9.17) is 0 Å². The van der Waals surface area contributed by atoms with Crippen molar-refractivity contribution in [3.8, 4) is 33.4 Å². The Balaban J connectivity index is 0.000000119. The highest BCUT2D eigenvalue weighted by Gasteiger charge is 2.45. The number of rotatable bonds is 5. The molecular weight excluding hydrogens is 873 g/mol. The molecule has 0 spiro atoms. The highest BCUT2D eigenvalue weighted by molar-refractivity contribution is 7.25. The molecule has 13 rings (SSSR count). The monoisotopic (exact) mass is 930 g/mol. The molecule has 1 heteroatoms. The standard InChI is InChI=1S/C25H18S.C25H18.C11H10.C9H12/c1-17-9-11-18(12-10-17)19-5-4-6-20(15-19)21-13-14-23-22-7-2-3-8-24(22)26-25(23)16-21;1-3-11-19(12-4-1)25(20-13-5-2-6-14-20)23-17-9-7-15-21(23)22-16-8-10-18-24(22)25;1-9-5-4-7-10-6-2-3-8-11(9)10;1-8(2)9-6-4-3-5-7-9/h2-16H,1H3;1-18H;2-8H,1H3;3-8H,1-2H3. The molecule has 1 aromatic heterocycles. The third-order valence-corrected chi connectivity index (χ3v) is 14.9. The molecular formula is C70H58S. The van der Waals surface area contributed by atoms with E-state index in [1.165, 1.54) is 103 Å². The zero-order chi connectivity index (χ0) is 48.6. The van der Waals surface area contributed by atoms with Crippen molar-refractivity contribution >= 4 is 42.3 Å². The molecule has 0 radical (unpaired) electrons. The third kappa shape index (κ3) is 9.75. The van der Waals surface area contributed by atoms with Crippen LogP contribution in [0.25, 0.3) is 64.3 Å². The number of hydrogen-bond acceptors (Lipinski definition) is 1. The molecule has 12 aromatic rings. The number of thiophene rings is 1. The molecule has 0 bridgehead atoms. The van der Waals surface area contributed by atoms with Gasteiger partial charge in [0.15, 0.2) is 0 Å². The van der Waals surface area contributed by atoms with E-state index in [1.54, 1.807) is 0 Å². The predicted molar refractivity (Wildman–Crippen MR) is 308 cm³/mol. The van der Waals surface area contributed by atoms with Gasteiger partial charge >= 0.3 is 0 Å². The molecule has 71 heavy (non-hydrogen) atoms. The van der Waals surface area contributed by atoms with Gasteiger partial charge in [0.05, 0.1) is 5.41 Å². The van der Waals surface area contributed by atoms with Crippen LogP contribution in [0.1, 0.15) is 58.7 Å². The van der Waals surface area contributed by atoms with Crippen molar-refractivity contribution in [3.63, 3.8) is 0 Å². The summed E-state index contributed by atoms with van der Waals surface area (Å²) in [6.07, 6.45) is 0. The molecule has 0 aliphatic heterocycles. The maximum Gasteiger partial charge on any atom is 0.0713 e. The minimum atomic E-state index is -0.254. The quantitative estimate of drug-likeness (QED) is 0.161. The highest BCUT2D eigenvalue weighted by Crippen LogP contribution is 2.55. The Bertz CT molecular complexity index is 3580. The van der Waals surface area contributed by atoms with E-state index < -0.39 is 0 Å². The summed E-state index contributed by atoms with van der Waals surface area (Å²) >= 11 is 1.87. The lowest BCUT2D eigenvalue weighted by Gasteiger charge is -2.33. The second-order valence-corrected chi connectivity index (χ2v) is 19.8. The second-order valence-electron chi connectivity index (χ2n) is 18.7. The van der Waals surface area contributed by atoms with Crippen LogP contribution in [0, 0.1) is 13.8 Å². The summed E-state index contributed by atoms with van der Waals surface area (Å²) < 4.78 is 2.71. The number of benzene rings is 11. The third-order valence-electron chi connectivity index (χ3n) is 13.8. The molecule has 0 saturated carbocycles. The van der Waals surface area contributed by atoms with Crippen LogP contribution >= 0.6 is 11.3 Å². The number of fused-ring (bicyclic) bond motifs is 7. The molecule has 1 aliphatic carbocycles. The summed E-state index contributed by atoms with van der Waals surface area (Å²) in [5.41, 5.74) is 16.9. The summed E-state index contributed by atoms with van der Waals surface area (Å²) in [6, 6.07) is 97.9. The molecule has 344 valence electrons. The fourth-order valence-corrected chi connectivity index (χ4v) is 11.3. The Labute approximate surface area is 424 Å². The van der Waals surface area contributed by atoms with Gasteiger partial charge in [-0.2, -0.15) is 0 Å². The Morgan fingerprint density at radius 2 is 0.803 bits per heavy atom. The van der Waals surface area contributed by atoms with Gasteiger partial charge in [0, 0.05) is 20.2 Å². The van der Waals surface area contributed by atoms with Crippen molar-refractivity contribution in [1.82, 2.24) is 0 Å². The second kappa shape index (κ2) is 21.3. The van der Waals surface area contributed by atoms with Crippen molar-refractivity contribution in [2.24, 2.45) is 0 Å². The fourth-order valence-electron chi connectivity index (χ4n) is 10.2. The first-order valence-corrected chi connectivity index (χ1v) is 25.6. The van der Waals surface area contributed by atoms with Crippen molar-refractivity contribution in [2.45, 2.75) is 39.0 Å². The highest BCUT2D eigenvalue weighted by atomic mass is 32.1. The first-order valence-electron chi connectivity index (χ1n) is 24.8. The van der Waals surface area contributed by atoms with Gasteiger partial charge in [0.25, 0.3) is 0 Å². The molecule has 0 saturated heterocycles. The van der Waals surface area contributed by atoms with Crippen molar-refractivity contribution in [2.75, 3.05) is 0 Å². The molecule has 0 N–H and O–H groups in total. The van der Waals surface area contributed by atoms with E-state index in [0.29, 0.717) is 5.92 Å². The van der Waals surface area contributed by atoms with Crippen LogP contribution in [0.4, 0.5) is 0 Å². The van der Waals surface area contributed by atoms with Crippen LogP contribution in [-0.2, 0) is 5.41 Å². The fraction of sp³-hybridized carbons (Fsp3) is 0.0857. The minimum Gasteiger partial charge on any atom is -0.135 e. The Morgan fingerprint density at radius 3 is 1.41 bits per heavy atom. The number of hydrogen-bond donors (Lipinski definition) is 0. The topological polar surface area (TPSA) is 0 Å². The lowest BCUT2D eigenvalue weighted by molar-refractivity contribution is 0.768. The van der Waals surface area contributed by atoms with Gasteiger partial charge < -0.3 is 0 Å². The van der Waals surface area contributed by atoms with Crippen molar-refractivity contribution in [1.29, 1.82) is 0 Å². The zero-order valence-corrected chi connectivity index (χ0v) is 41.8. The van der Waals surface area contributed by atoms with Gasteiger partial charge in [0.2, 0.25) is 0 Å². The van der Waals surface area contributed by atoms with Crippen LogP contribution in [0.5, 0.6) is 0 Å². The molecule has 0 nitrogen and oxygen atoms in total. The van der Waals surface area contributed by atoms with Crippen LogP contribution in [-0.4, -0.2) is 0 Å². The summed E-state index contributed by atoms with van der Waals surface area (Å²) in [5.74, 6) is 0.659. The summed E-state index contributed by atoms with van der Waals surface area (Å²) in [4.78, 5) is 0. The average molecular weight is 931 g/mol. The lowest BCUT2D eigenvalue weighted by Crippen LogP contribution is -2.28. The van der Waals surface area contributed by atoms with Gasteiger partial charge in [-0.1, -0.05) is 274 Å². The molecule has 0 atom stereocenters. The average Bonchev–Trinajstić information content (AvgIpc) is 3.97. The van der Waals surface area contributed by atoms with Crippen LogP contribution in [0.3, 0.4) is 0 Å². The smallest absolute Gasteiger partial charge is 0.0713 e. The predicted octanol–water partition coefficient (Wildman–Crippen LogP) is 19.7. The largest absolute Gasteiger partial charge is 0.135 e. The van der Waals surface area contributed by atoms with Gasteiger partial charge in [0.1, 0.15) is 0 Å². The lowest BCUT2D eigenvalue weighted by atomic mass is 9.68. The Hall–Kier alpha value is -8.10. The molecule has 0 fully saturated rings. The van der Waals surface area contributed by atoms with Crippen LogP contribution in [0.15, 0.2) is 273 Å². The molecule has 1 aliphatic rings. The summed E-state index contributed by atoms with van der Waals surface area (Å²) in [5, 5.41) is 5.39. The van der Waals surface area contributed by atoms with E-state index in [0.717, 1.165) is 0 Å². The SMILES string of the molecule is CC(C)c1ccccc1.Cc1ccc(-c2cccc(-c3ccc4c(c3)sc3ccccc34)c2)cc1.Cc1cccc2ccccc12.c1ccc(C2(c3ccccc3)c3ccccc3-c3ccccc32)cc1. The van der Waals surface area contributed by atoms with E-state index >= 15 is 0 Å². The van der Waals surface area contributed by atoms with Gasteiger partial charge in [-0.15, -0.1) is 11.3 Å². The maximum atomic E-state index is 2.33. The Morgan fingerprint density at radius 1 is 0.338 bits per heavy atom. The molecule has 0 unspecified atom stereocenters. The van der Waals surface area contributed by atoms with Gasteiger partial charge in [-0.3, -0.25) is 0 Å². The minimum absolute atomic E-state index is 0.254. The van der Waals surface area contributed by atoms with E-state index in [9.17, 15) is 0 Å². The number of aryl methyl sites for hydroxylation is 2. The van der Waals surface area contributed by atoms with Crippen molar-refractivity contribution < 1.29 is 0 Å².